The zero-order valence-corrected chi connectivity index (χ0v) is 11.7. The standard InChI is InChI=1S/C13H15IN2/c1-10-12(14)6-3-7-13(10)15-9-11-5-4-8-16(11)2/h3-8,15H,9H2,1-2H3. The van der Waals surface area contributed by atoms with Crippen LogP contribution >= 0.6 is 22.6 Å². The number of benzene rings is 1. The summed E-state index contributed by atoms with van der Waals surface area (Å²) in [4.78, 5) is 0. The maximum atomic E-state index is 3.47. The highest BCUT2D eigenvalue weighted by Gasteiger charge is 2.02. The molecule has 0 atom stereocenters. The minimum Gasteiger partial charge on any atom is -0.379 e. The van der Waals surface area contributed by atoms with E-state index in [1.54, 1.807) is 0 Å². The Bertz CT molecular complexity index is 488. The van der Waals surface area contributed by atoms with Gasteiger partial charge >= 0.3 is 0 Å². The van der Waals surface area contributed by atoms with E-state index in [0.717, 1.165) is 6.54 Å². The van der Waals surface area contributed by atoms with E-state index in [1.165, 1.54) is 20.5 Å². The van der Waals surface area contributed by atoms with Gasteiger partial charge in [-0.3, -0.25) is 0 Å². The Labute approximate surface area is 110 Å². The molecule has 0 bridgehead atoms. The summed E-state index contributed by atoms with van der Waals surface area (Å²) < 4.78 is 3.44. The second-order valence-electron chi connectivity index (χ2n) is 3.88. The quantitative estimate of drug-likeness (QED) is 0.854. The summed E-state index contributed by atoms with van der Waals surface area (Å²) in [6, 6.07) is 10.5. The van der Waals surface area contributed by atoms with Crippen molar-refractivity contribution in [2.45, 2.75) is 13.5 Å². The third-order valence-corrected chi connectivity index (χ3v) is 3.95. The van der Waals surface area contributed by atoms with E-state index in [-0.39, 0.29) is 0 Å². The molecule has 2 rings (SSSR count). The zero-order chi connectivity index (χ0) is 11.5. The normalized spacial score (nSPS) is 10.4. The SMILES string of the molecule is Cc1c(I)cccc1NCc1cccn1C. The van der Waals surface area contributed by atoms with Crippen LogP contribution in [0.25, 0.3) is 0 Å². The summed E-state index contributed by atoms with van der Waals surface area (Å²) in [5.74, 6) is 0. The van der Waals surface area contributed by atoms with Gasteiger partial charge in [-0.05, 0) is 59.3 Å². The Morgan fingerprint density at radius 3 is 2.75 bits per heavy atom. The molecule has 0 amide bonds. The number of nitrogens with one attached hydrogen (secondary N) is 1. The molecule has 1 aromatic carbocycles. The summed E-state index contributed by atoms with van der Waals surface area (Å²) >= 11 is 2.36. The molecule has 0 saturated carbocycles. The van der Waals surface area contributed by atoms with Gasteiger partial charge in [0, 0.05) is 28.2 Å². The molecule has 1 N–H and O–H groups in total. The second kappa shape index (κ2) is 4.91. The minimum atomic E-state index is 0.866. The molecule has 2 aromatic rings. The number of aromatic nitrogens is 1. The lowest BCUT2D eigenvalue weighted by molar-refractivity contribution is 0.842. The highest BCUT2D eigenvalue weighted by atomic mass is 127. The van der Waals surface area contributed by atoms with Gasteiger partial charge in [-0.1, -0.05) is 6.07 Å². The molecule has 0 unspecified atom stereocenters. The fraction of sp³-hybridized carbons (Fsp3) is 0.231. The van der Waals surface area contributed by atoms with Crippen molar-refractivity contribution in [3.8, 4) is 0 Å². The Hall–Kier alpha value is -0.970. The van der Waals surface area contributed by atoms with E-state index in [0.29, 0.717) is 0 Å². The van der Waals surface area contributed by atoms with E-state index < -0.39 is 0 Å². The molecule has 0 saturated heterocycles. The number of anilines is 1. The summed E-state index contributed by atoms with van der Waals surface area (Å²) in [7, 11) is 2.07. The second-order valence-corrected chi connectivity index (χ2v) is 5.04. The van der Waals surface area contributed by atoms with Gasteiger partial charge in [-0.2, -0.15) is 0 Å². The third-order valence-electron chi connectivity index (χ3n) is 2.78. The Balaban J connectivity index is 2.11. The molecule has 16 heavy (non-hydrogen) atoms. The number of rotatable bonds is 3. The molecule has 3 heteroatoms. The van der Waals surface area contributed by atoms with E-state index in [2.05, 4.69) is 83.0 Å². The van der Waals surface area contributed by atoms with Crippen molar-refractivity contribution in [1.82, 2.24) is 4.57 Å². The first-order valence-corrected chi connectivity index (χ1v) is 6.35. The molecule has 0 aliphatic carbocycles. The van der Waals surface area contributed by atoms with Crippen LogP contribution in [0.5, 0.6) is 0 Å². The van der Waals surface area contributed by atoms with E-state index in [4.69, 9.17) is 0 Å². The van der Waals surface area contributed by atoms with Crippen molar-refractivity contribution in [2.24, 2.45) is 7.05 Å². The molecule has 0 aliphatic rings. The number of halogens is 1. The maximum absolute atomic E-state index is 3.47. The molecule has 1 heterocycles. The first-order valence-electron chi connectivity index (χ1n) is 5.27. The Morgan fingerprint density at radius 1 is 1.25 bits per heavy atom. The molecule has 1 aromatic heterocycles. The van der Waals surface area contributed by atoms with E-state index >= 15 is 0 Å². The largest absolute Gasteiger partial charge is 0.379 e. The van der Waals surface area contributed by atoms with Crippen molar-refractivity contribution >= 4 is 28.3 Å². The van der Waals surface area contributed by atoms with Crippen LogP contribution < -0.4 is 5.32 Å². The van der Waals surface area contributed by atoms with Gasteiger partial charge in [0.25, 0.3) is 0 Å². The summed E-state index contributed by atoms with van der Waals surface area (Å²) in [5.41, 5.74) is 3.82. The Kier molecular flexibility index (Phi) is 3.53. The predicted octanol–water partition coefficient (Wildman–Crippen LogP) is 3.55. The van der Waals surface area contributed by atoms with Gasteiger partial charge < -0.3 is 9.88 Å². The first kappa shape index (κ1) is 11.5. The van der Waals surface area contributed by atoms with Gasteiger partial charge in [0.2, 0.25) is 0 Å². The number of hydrogen-bond acceptors (Lipinski definition) is 1. The fourth-order valence-electron chi connectivity index (χ4n) is 1.66. The molecule has 0 aliphatic heterocycles. The first-order chi connectivity index (χ1) is 7.68. The minimum absolute atomic E-state index is 0.866. The van der Waals surface area contributed by atoms with Crippen LogP contribution in [0.1, 0.15) is 11.3 Å². The molecular weight excluding hydrogens is 311 g/mol. The van der Waals surface area contributed by atoms with Crippen LogP contribution in [0.4, 0.5) is 5.69 Å². The van der Waals surface area contributed by atoms with Crippen LogP contribution in [0.15, 0.2) is 36.5 Å². The fourth-order valence-corrected chi connectivity index (χ4v) is 2.16. The van der Waals surface area contributed by atoms with Crippen LogP contribution in [-0.4, -0.2) is 4.57 Å². The van der Waals surface area contributed by atoms with Crippen molar-refractivity contribution in [2.75, 3.05) is 5.32 Å². The topological polar surface area (TPSA) is 17.0 Å². The van der Waals surface area contributed by atoms with E-state index in [9.17, 15) is 0 Å². The van der Waals surface area contributed by atoms with Crippen LogP contribution in [0.2, 0.25) is 0 Å². The monoisotopic (exact) mass is 326 g/mol. The lowest BCUT2D eigenvalue weighted by Gasteiger charge is -2.11. The highest BCUT2D eigenvalue weighted by Crippen LogP contribution is 2.20. The average Bonchev–Trinajstić information content (AvgIpc) is 2.67. The van der Waals surface area contributed by atoms with Crippen LogP contribution in [0, 0.1) is 10.5 Å². The van der Waals surface area contributed by atoms with Gasteiger partial charge in [0.1, 0.15) is 0 Å². The lowest BCUT2D eigenvalue weighted by Crippen LogP contribution is -2.05. The molecule has 0 radical (unpaired) electrons. The highest BCUT2D eigenvalue weighted by molar-refractivity contribution is 14.1. The Morgan fingerprint density at radius 2 is 2.06 bits per heavy atom. The number of nitrogens with zero attached hydrogens (tertiary/aromatic N) is 1. The predicted molar refractivity (Wildman–Crippen MR) is 76.6 cm³/mol. The van der Waals surface area contributed by atoms with Crippen molar-refractivity contribution in [1.29, 1.82) is 0 Å². The van der Waals surface area contributed by atoms with Crippen molar-refractivity contribution in [3.05, 3.63) is 51.4 Å². The van der Waals surface area contributed by atoms with Crippen LogP contribution in [0.3, 0.4) is 0 Å². The van der Waals surface area contributed by atoms with Gasteiger partial charge in [-0.25, -0.2) is 0 Å². The summed E-state index contributed by atoms with van der Waals surface area (Å²) in [6.45, 7) is 3.01. The van der Waals surface area contributed by atoms with Gasteiger partial charge in [-0.15, -0.1) is 0 Å². The smallest absolute Gasteiger partial charge is 0.0553 e. The molecule has 0 spiro atoms. The third kappa shape index (κ3) is 2.40. The molecular formula is C13H15IN2. The number of aryl methyl sites for hydroxylation is 1. The summed E-state index contributed by atoms with van der Waals surface area (Å²) in [5, 5.41) is 3.47. The van der Waals surface area contributed by atoms with Gasteiger partial charge in [0.15, 0.2) is 0 Å². The zero-order valence-electron chi connectivity index (χ0n) is 9.50. The average molecular weight is 326 g/mol. The van der Waals surface area contributed by atoms with Crippen molar-refractivity contribution in [3.63, 3.8) is 0 Å². The lowest BCUT2D eigenvalue weighted by atomic mass is 10.2. The molecule has 2 nitrogen and oxygen atoms in total. The number of hydrogen-bond donors (Lipinski definition) is 1. The summed E-state index contributed by atoms with van der Waals surface area (Å²) in [6.07, 6.45) is 2.07. The molecule has 0 fully saturated rings. The molecule has 84 valence electrons. The maximum Gasteiger partial charge on any atom is 0.0553 e. The van der Waals surface area contributed by atoms with Crippen molar-refractivity contribution < 1.29 is 0 Å². The van der Waals surface area contributed by atoms with E-state index in [1.807, 2.05) is 0 Å². The van der Waals surface area contributed by atoms with Gasteiger partial charge in [0.05, 0.1) is 6.54 Å². The van der Waals surface area contributed by atoms with Crippen LogP contribution in [-0.2, 0) is 13.6 Å².